The Morgan fingerprint density at radius 3 is 2.47 bits per heavy atom. The molecule has 2 unspecified atom stereocenters. The molecule has 0 aliphatic heterocycles. The minimum absolute atomic E-state index is 0.0629. The molecular weight excluding hydrogens is 495 g/mol. The Morgan fingerprint density at radius 2 is 1.79 bits per heavy atom. The Kier molecular flexibility index (Phi) is 8.39. The van der Waals surface area contributed by atoms with Gasteiger partial charge in [-0.2, -0.15) is 9.98 Å². The number of aryl methyl sites for hydroxylation is 1. The third-order valence-electron chi connectivity index (χ3n) is 5.40. The highest BCUT2D eigenvalue weighted by Crippen LogP contribution is 2.26. The number of amides is 1. The topological polar surface area (TPSA) is 104 Å². The average Bonchev–Trinajstić information content (AvgIpc) is 3.26. The Bertz CT molecular complexity index is 1310. The highest BCUT2D eigenvalue weighted by molar-refractivity contribution is 7.89. The van der Waals surface area contributed by atoms with E-state index in [1.807, 2.05) is 6.92 Å². The van der Waals surface area contributed by atoms with E-state index in [2.05, 4.69) is 16.1 Å². The fraction of sp³-hybridized carbons (Fsp3) is 0.250. The molecule has 0 radical (unpaired) electrons. The summed E-state index contributed by atoms with van der Waals surface area (Å²) >= 11 is 12.4. The summed E-state index contributed by atoms with van der Waals surface area (Å²) in [5.41, 5.74) is 1.57. The summed E-state index contributed by atoms with van der Waals surface area (Å²) in [6.45, 7) is 3.57. The van der Waals surface area contributed by atoms with Crippen molar-refractivity contribution in [2.45, 2.75) is 43.8 Å². The molecule has 1 amide bonds. The summed E-state index contributed by atoms with van der Waals surface area (Å²) in [5, 5.41) is 12.7. The van der Waals surface area contributed by atoms with Gasteiger partial charge in [-0.05, 0) is 55.7 Å². The number of nitrogens with one attached hydrogen (secondary N) is 2. The number of carbonyl (C=O) groups is 1. The summed E-state index contributed by atoms with van der Waals surface area (Å²) < 4.78 is 30.7. The average molecular weight is 519 g/mol. The van der Waals surface area contributed by atoms with Gasteiger partial charge in [0.15, 0.2) is 0 Å². The van der Waals surface area contributed by atoms with Gasteiger partial charge in [0.25, 0.3) is 0 Å². The monoisotopic (exact) mass is 518 g/mol. The smallest absolute Gasteiger partial charge is 0.243 e. The molecule has 0 spiro atoms. The second kappa shape index (κ2) is 11.1. The van der Waals surface area contributed by atoms with E-state index in [1.54, 1.807) is 66.2 Å². The standard InChI is InChI=1S/C24H24Cl2N4O3S/c1-16-7-5-11-21(26)23(16)34(32,33)29-22(13-17(2)30-12-6-9-19(30)14-27)24(31)28-15-18-8-3-4-10-20(18)25/h3-12,17,22,29H,13,15H2,1-2H3,(H,28,31). The fourth-order valence-electron chi connectivity index (χ4n) is 3.69. The first kappa shape index (κ1) is 25.8. The Hall–Kier alpha value is -2.83. The zero-order valence-corrected chi connectivity index (χ0v) is 21.0. The lowest BCUT2D eigenvalue weighted by molar-refractivity contribution is -0.123. The summed E-state index contributed by atoms with van der Waals surface area (Å²) in [4.78, 5) is 13.1. The first-order chi connectivity index (χ1) is 16.1. The van der Waals surface area contributed by atoms with Crippen LogP contribution in [-0.2, 0) is 21.4 Å². The van der Waals surface area contributed by atoms with Gasteiger partial charge < -0.3 is 9.88 Å². The summed E-state index contributed by atoms with van der Waals surface area (Å²) in [6.07, 6.45) is 1.81. The van der Waals surface area contributed by atoms with Gasteiger partial charge in [0, 0.05) is 23.8 Å². The number of sulfonamides is 1. The second-order valence-corrected chi connectivity index (χ2v) is 10.3. The number of carbonyl (C=O) groups excluding carboxylic acids is 1. The van der Waals surface area contributed by atoms with E-state index >= 15 is 0 Å². The molecule has 2 aromatic carbocycles. The predicted octanol–water partition coefficient (Wildman–Crippen LogP) is 4.59. The zero-order chi connectivity index (χ0) is 24.9. The first-order valence-corrected chi connectivity index (χ1v) is 12.7. The molecule has 34 heavy (non-hydrogen) atoms. The molecule has 2 atom stereocenters. The molecule has 178 valence electrons. The van der Waals surface area contributed by atoms with Gasteiger partial charge >= 0.3 is 0 Å². The van der Waals surface area contributed by atoms with Crippen LogP contribution in [0, 0.1) is 18.3 Å². The van der Waals surface area contributed by atoms with Crippen molar-refractivity contribution < 1.29 is 13.2 Å². The summed E-state index contributed by atoms with van der Waals surface area (Å²) in [5.74, 6) is -0.522. The van der Waals surface area contributed by atoms with Crippen LogP contribution in [0.3, 0.4) is 0 Å². The first-order valence-electron chi connectivity index (χ1n) is 10.5. The van der Waals surface area contributed by atoms with E-state index in [4.69, 9.17) is 23.2 Å². The van der Waals surface area contributed by atoms with Crippen LogP contribution in [0.1, 0.15) is 36.2 Å². The third kappa shape index (κ3) is 5.99. The molecule has 1 aromatic heterocycles. The number of aromatic nitrogens is 1. The number of rotatable bonds is 9. The molecule has 2 N–H and O–H groups in total. The van der Waals surface area contributed by atoms with Crippen molar-refractivity contribution in [3.63, 3.8) is 0 Å². The van der Waals surface area contributed by atoms with Gasteiger partial charge in [0.1, 0.15) is 22.7 Å². The molecule has 0 fully saturated rings. The van der Waals surface area contributed by atoms with E-state index in [1.165, 1.54) is 6.07 Å². The second-order valence-electron chi connectivity index (χ2n) is 7.87. The van der Waals surface area contributed by atoms with Crippen LogP contribution >= 0.6 is 23.2 Å². The highest BCUT2D eigenvalue weighted by Gasteiger charge is 2.30. The van der Waals surface area contributed by atoms with Crippen LogP contribution in [0.2, 0.25) is 10.0 Å². The van der Waals surface area contributed by atoms with Gasteiger partial charge in [-0.1, -0.05) is 53.5 Å². The van der Waals surface area contributed by atoms with Crippen molar-refractivity contribution in [1.82, 2.24) is 14.6 Å². The van der Waals surface area contributed by atoms with Crippen LogP contribution in [0.4, 0.5) is 0 Å². The molecule has 10 heteroatoms. The number of nitrogens with zero attached hydrogens (tertiary/aromatic N) is 2. The van der Waals surface area contributed by atoms with Crippen molar-refractivity contribution in [3.8, 4) is 6.07 Å². The van der Waals surface area contributed by atoms with Gasteiger partial charge in [-0.25, -0.2) is 8.42 Å². The van der Waals surface area contributed by atoms with Crippen LogP contribution in [0.25, 0.3) is 0 Å². The van der Waals surface area contributed by atoms with Gasteiger partial charge in [-0.15, -0.1) is 0 Å². The lowest BCUT2D eigenvalue weighted by atomic mass is 10.1. The zero-order valence-electron chi connectivity index (χ0n) is 18.6. The number of hydrogen-bond donors (Lipinski definition) is 2. The minimum atomic E-state index is -4.13. The Labute approximate surface area is 209 Å². The van der Waals surface area contributed by atoms with E-state index in [9.17, 15) is 18.5 Å². The lowest BCUT2D eigenvalue weighted by Gasteiger charge is -2.24. The van der Waals surface area contributed by atoms with E-state index in [-0.39, 0.29) is 28.9 Å². The number of benzene rings is 2. The predicted molar refractivity (Wildman–Crippen MR) is 132 cm³/mol. The Balaban J connectivity index is 1.88. The minimum Gasteiger partial charge on any atom is -0.351 e. The van der Waals surface area contributed by atoms with Crippen molar-refractivity contribution in [3.05, 3.63) is 87.7 Å². The van der Waals surface area contributed by atoms with Crippen molar-refractivity contribution in [2.24, 2.45) is 0 Å². The van der Waals surface area contributed by atoms with E-state index in [0.717, 1.165) is 0 Å². The molecule has 0 bridgehead atoms. The molecular formula is C24H24Cl2N4O3S. The maximum Gasteiger partial charge on any atom is 0.243 e. The quantitative estimate of drug-likeness (QED) is 0.432. The summed E-state index contributed by atoms with van der Waals surface area (Å²) in [6, 6.07) is 15.8. The van der Waals surface area contributed by atoms with Gasteiger partial charge in [-0.3, -0.25) is 4.79 Å². The fourth-order valence-corrected chi connectivity index (χ4v) is 5.93. The van der Waals surface area contributed by atoms with Crippen LogP contribution in [0.5, 0.6) is 0 Å². The molecule has 0 aliphatic rings. The largest absolute Gasteiger partial charge is 0.351 e. The number of halogens is 2. The maximum atomic E-state index is 13.3. The van der Waals surface area contributed by atoms with Crippen LogP contribution < -0.4 is 10.0 Å². The molecule has 3 aromatic rings. The summed E-state index contributed by atoms with van der Waals surface area (Å²) in [7, 11) is -4.13. The SMILES string of the molecule is Cc1cccc(Cl)c1S(=O)(=O)NC(CC(C)n1cccc1C#N)C(=O)NCc1ccccc1Cl. The van der Waals surface area contributed by atoms with Gasteiger partial charge in [0.05, 0.1) is 5.02 Å². The van der Waals surface area contributed by atoms with Crippen molar-refractivity contribution >= 4 is 39.1 Å². The molecule has 0 saturated heterocycles. The molecule has 7 nitrogen and oxygen atoms in total. The van der Waals surface area contributed by atoms with Crippen molar-refractivity contribution in [1.29, 1.82) is 5.26 Å². The lowest BCUT2D eigenvalue weighted by Crippen LogP contribution is -2.47. The normalized spacial score (nSPS) is 13.1. The van der Waals surface area contributed by atoms with Gasteiger partial charge in [0.2, 0.25) is 15.9 Å². The molecule has 0 aliphatic carbocycles. The molecule has 3 rings (SSSR count). The molecule has 0 saturated carbocycles. The van der Waals surface area contributed by atoms with E-state index in [0.29, 0.717) is 21.8 Å². The number of nitriles is 1. The Morgan fingerprint density at radius 1 is 1.09 bits per heavy atom. The third-order valence-corrected chi connectivity index (χ3v) is 7.87. The number of hydrogen-bond acceptors (Lipinski definition) is 4. The van der Waals surface area contributed by atoms with Crippen LogP contribution in [-0.4, -0.2) is 24.9 Å². The van der Waals surface area contributed by atoms with Crippen LogP contribution in [0.15, 0.2) is 65.7 Å². The highest BCUT2D eigenvalue weighted by atomic mass is 35.5. The maximum absolute atomic E-state index is 13.3. The van der Waals surface area contributed by atoms with Crippen molar-refractivity contribution in [2.75, 3.05) is 0 Å². The van der Waals surface area contributed by atoms with E-state index < -0.39 is 22.0 Å². The molecule has 1 heterocycles.